The molecule has 43 heavy (non-hydrogen) atoms. The number of anilines is 1. The highest BCUT2D eigenvalue weighted by Crippen LogP contribution is 2.28. The fourth-order valence-electron chi connectivity index (χ4n) is 3.70. The summed E-state index contributed by atoms with van der Waals surface area (Å²) in [5.74, 6) is 4.40. The van der Waals surface area contributed by atoms with Crippen LogP contribution in [0.1, 0.15) is 66.0 Å². The zero-order chi connectivity index (χ0) is 32.4. The van der Waals surface area contributed by atoms with E-state index >= 15 is 0 Å². The number of nitrogens with one attached hydrogen (secondary N) is 3. The number of allylic oxidation sites excluding steroid dienone is 12. The first kappa shape index (κ1) is 36.2. The minimum atomic E-state index is -0.386. The van der Waals surface area contributed by atoms with Gasteiger partial charge in [0.2, 0.25) is 5.91 Å². The Morgan fingerprint density at radius 3 is 2.60 bits per heavy atom. The molecule has 2 aliphatic rings. The van der Waals surface area contributed by atoms with E-state index in [1.807, 2.05) is 49.3 Å². The van der Waals surface area contributed by atoms with Gasteiger partial charge in [-0.2, -0.15) is 5.10 Å². The molecule has 0 spiro atoms. The molecule has 1 heterocycles. The number of hydrogen-bond acceptors (Lipinski definition) is 5. The normalized spacial score (nSPS) is 17.8. The summed E-state index contributed by atoms with van der Waals surface area (Å²) in [5, 5.41) is 16.1. The van der Waals surface area contributed by atoms with Gasteiger partial charge >= 0.3 is 6.03 Å². The molecule has 230 valence electrons. The summed E-state index contributed by atoms with van der Waals surface area (Å²) in [5.41, 5.74) is 7.57. The summed E-state index contributed by atoms with van der Waals surface area (Å²) in [7, 11) is 1.55. The summed E-state index contributed by atoms with van der Waals surface area (Å²) >= 11 is 0. The lowest BCUT2D eigenvalue weighted by atomic mass is 9.92. The smallest absolute Gasteiger partial charge is 0.320 e. The van der Waals surface area contributed by atoms with E-state index in [0.717, 1.165) is 47.5 Å². The first-order valence-corrected chi connectivity index (χ1v) is 14.1. The number of nitrogens with zero attached hydrogens (tertiary/aromatic N) is 2. The minimum Gasteiger partial charge on any atom is -0.467 e. The standard InChI is InChI=1S/C18H25N5O2.C13H18O.C3H3N/c1-18(2,3)14-11-16(21-17(25)20-4)23(22-14)13-8-6-5-7-12(9-13)10-15(19)24;1-11(2)14-13-9-5-4-7-12(3)8-6-10-13;1-2-3-4/h6-9,11H,5,10H2,1-4H3,(H2,19,24)(H2,20,21,25);4,6-8,10,12H,1,5,9H2,2-3H3;1,3-4H/b;7-4-,8-6?,13-10+;. The second kappa shape index (κ2) is 18.6. The molecule has 3 amide bonds. The fourth-order valence-corrected chi connectivity index (χ4v) is 3.70. The maximum atomic E-state index is 11.8. The minimum absolute atomic E-state index is 0.163. The van der Waals surface area contributed by atoms with Crippen LogP contribution in [-0.4, -0.2) is 35.0 Å². The van der Waals surface area contributed by atoms with Crippen molar-refractivity contribution in [3.63, 3.8) is 0 Å². The van der Waals surface area contributed by atoms with Crippen LogP contribution in [0.5, 0.6) is 0 Å². The molecular formula is C34H46N6O3. The van der Waals surface area contributed by atoms with E-state index in [4.69, 9.17) is 15.9 Å². The van der Waals surface area contributed by atoms with Crippen molar-refractivity contribution in [3.8, 4) is 12.3 Å². The molecule has 5 N–H and O–H groups in total. The van der Waals surface area contributed by atoms with Crippen LogP contribution in [0.2, 0.25) is 0 Å². The molecule has 0 bridgehead atoms. The van der Waals surface area contributed by atoms with Gasteiger partial charge < -0.3 is 15.8 Å². The maximum Gasteiger partial charge on any atom is 0.320 e. The Bertz CT molecular complexity index is 1360. The van der Waals surface area contributed by atoms with Crippen LogP contribution in [0.25, 0.3) is 5.70 Å². The number of primary amides is 1. The Kier molecular flexibility index (Phi) is 15.6. The number of carbonyl (C=O) groups is 2. The van der Waals surface area contributed by atoms with Crippen molar-refractivity contribution in [2.45, 2.75) is 65.7 Å². The molecule has 9 nitrogen and oxygen atoms in total. The zero-order valence-corrected chi connectivity index (χ0v) is 26.2. The van der Waals surface area contributed by atoms with E-state index in [1.54, 1.807) is 11.7 Å². The van der Waals surface area contributed by atoms with Gasteiger partial charge in [-0.25, -0.2) is 9.48 Å². The molecule has 0 saturated carbocycles. The summed E-state index contributed by atoms with van der Waals surface area (Å²) in [6.07, 6.45) is 26.6. The van der Waals surface area contributed by atoms with Gasteiger partial charge in [-0.15, -0.1) is 6.42 Å². The van der Waals surface area contributed by atoms with E-state index in [2.05, 4.69) is 80.7 Å². The Morgan fingerprint density at radius 2 is 2.02 bits per heavy atom. The highest BCUT2D eigenvalue weighted by atomic mass is 16.5. The van der Waals surface area contributed by atoms with Crippen LogP contribution in [0.4, 0.5) is 10.6 Å². The lowest BCUT2D eigenvalue weighted by Crippen LogP contribution is -2.25. The molecule has 1 aromatic rings. The average Bonchev–Trinajstić information content (AvgIpc) is 3.27. The second-order valence-corrected chi connectivity index (χ2v) is 10.9. The van der Waals surface area contributed by atoms with Crippen molar-refractivity contribution in [1.82, 2.24) is 15.1 Å². The molecule has 0 saturated heterocycles. The molecule has 0 radical (unpaired) electrons. The summed E-state index contributed by atoms with van der Waals surface area (Å²) < 4.78 is 7.17. The first-order chi connectivity index (χ1) is 20.3. The van der Waals surface area contributed by atoms with Gasteiger partial charge in [0.25, 0.3) is 0 Å². The van der Waals surface area contributed by atoms with Crippen LogP contribution in [0.3, 0.4) is 0 Å². The lowest BCUT2D eigenvalue weighted by molar-refractivity contribution is -0.117. The van der Waals surface area contributed by atoms with Crippen LogP contribution < -0.4 is 16.4 Å². The monoisotopic (exact) mass is 586 g/mol. The predicted octanol–water partition coefficient (Wildman–Crippen LogP) is 6.77. The number of hydrogen-bond donors (Lipinski definition) is 4. The quantitative estimate of drug-likeness (QED) is 0.127. The van der Waals surface area contributed by atoms with Crippen LogP contribution in [0, 0.1) is 23.7 Å². The summed E-state index contributed by atoms with van der Waals surface area (Å²) in [6, 6.07) is 1.53. The third kappa shape index (κ3) is 14.6. The highest BCUT2D eigenvalue weighted by Gasteiger charge is 2.22. The molecular weight excluding hydrogens is 540 g/mol. The van der Waals surface area contributed by atoms with E-state index in [-0.39, 0.29) is 23.8 Å². The Hall–Kier alpha value is -4.84. The number of urea groups is 1. The molecule has 3 rings (SSSR count). The van der Waals surface area contributed by atoms with Crippen molar-refractivity contribution in [1.29, 1.82) is 5.41 Å². The molecule has 1 atom stereocenters. The molecule has 0 aromatic carbocycles. The Balaban J connectivity index is 0.000000431. The SMILES string of the molecule is C#CC=N.C=C(C)O/C1=C/C=CC(C)/C=C\CC1.CNC(=O)Nc1cc(C(C)(C)C)nn1C1=CC(CC(N)=O)=CCC=C1. The second-order valence-electron chi connectivity index (χ2n) is 10.9. The fraction of sp³-hybridized carbons (Fsp3) is 0.353. The zero-order valence-electron chi connectivity index (χ0n) is 26.2. The van der Waals surface area contributed by atoms with Gasteiger partial charge in [0.1, 0.15) is 11.6 Å². The van der Waals surface area contributed by atoms with Crippen molar-refractivity contribution in [2.24, 2.45) is 11.7 Å². The molecule has 9 heteroatoms. The van der Waals surface area contributed by atoms with Gasteiger partial charge in [-0.1, -0.05) is 76.7 Å². The molecule has 0 fully saturated rings. The molecule has 2 aliphatic carbocycles. The average molecular weight is 587 g/mol. The third-order valence-corrected chi connectivity index (χ3v) is 5.79. The maximum absolute atomic E-state index is 11.8. The molecule has 0 aliphatic heterocycles. The molecule has 1 aromatic heterocycles. The van der Waals surface area contributed by atoms with Crippen LogP contribution in [0.15, 0.2) is 84.4 Å². The number of amides is 3. The van der Waals surface area contributed by atoms with Crippen molar-refractivity contribution < 1.29 is 14.3 Å². The van der Waals surface area contributed by atoms with E-state index in [0.29, 0.717) is 18.2 Å². The van der Waals surface area contributed by atoms with Crippen molar-refractivity contribution in [2.75, 3.05) is 12.4 Å². The first-order valence-electron chi connectivity index (χ1n) is 14.1. The van der Waals surface area contributed by atoms with Crippen molar-refractivity contribution >= 4 is 29.7 Å². The number of carbonyl (C=O) groups excluding carboxylic acids is 2. The lowest BCUT2D eigenvalue weighted by Gasteiger charge is -2.14. The van der Waals surface area contributed by atoms with Gasteiger partial charge in [-0.3, -0.25) is 15.5 Å². The van der Waals surface area contributed by atoms with Crippen LogP contribution in [-0.2, 0) is 14.9 Å². The number of terminal acetylenes is 1. The highest BCUT2D eigenvalue weighted by molar-refractivity contribution is 5.89. The van der Waals surface area contributed by atoms with Gasteiger partial charge in [-0.05, 0) is 49.5 Å². The van der Waals surface area contributed by atoms with E-state index < -0.39 is 0 Å². The number of aromatic nitrogens is 2. The van der Waals surface area contributed by atoms with Gasteiger partial charge in [0.15, 0.2) is 0 Å². The Morgan fingerprint density at radius 1 is 1.33 bits per heavy atom. The van der Waals surface area contributed by atoms with Crippen LogP contribution >= 0.6 is 0 Å². The summed E-state index contributed by atoms with van der Waals surface area (Å²) in [6.45, 7) is 13.9. The van der Waals surface area contributed by atoms with E-state index in [9.17, 15) is 9.59 Å². The topological polar surface area (TPSA) is 135 Å². The number of nitrogens with two attached hydrogens (primary N) is 1. The number of rotatable bonds is 6. The third-order valence-electron chi connectivity index (χ3n) is 5.79. The molecule has 1 unspecified atom stereocenters. The summed E-state index contributed by atoms with van der Waals surface area (Å²) in [4.78, 5) is 23.0. The van der Waals surface area contributed by atoms with Gasteiger partial charge in [0.05, 0.1) is 29.8 Å². The largest absolute Gasteiger partial charge is 0.467 e. The van der Waals surface area contributed by atoms with Gasteiger partial charge in [0, 0.05) is 24.9 Å². The predicted molar refractivity (Wildman–Crippen MR) is 177 cm³/mol. The number of ether oxygens (including phenoxy) is 1. The Labute approximate surface area is 256 Å². The van der Waals surface area contributed by atoms with Crippen molar-refractivity contribution in [3.05, 3.63) is 90.1 Å². The van der Waals surface area contributed by atoms with E-state index in [1.165, 1.54) is 0 Å².